The highest BCUT2D eigenvalue weighted by molar-refractivity contribution is 4.89. The lowest BCUT2D eigenvalue weighted by Gasteiger charge is -2.02. The van der Waals surface area contributed by atoms with Gasteiger partial charge >= 0.3 is 0 Å². The lowest BCUT2D eigenvalue weighted by Crippen LogP contribution is -1.94. The van der Waals surface area contributed by atoms with Gasteiger partial charge in [0.25, 0.3) is 0 Å². The van der Waals surface area contributed by atoms with Gasteiger partial charge < -0.3 is 4.74 Å². The van der Waals surface area contributed by atoms with Crippen molar-refractivity contribution >= 4 is 0 Å². The molecule has 10 heavy (non-hydrogen) atoms. The molecule has 1 radical (unpaired) electrons. The molecular formula is C9H15O. The Hall–Kier alpha value is -0.480. The molecule has 0 aliphatic carbocycles. The van der Waals surface area contributed by atoms with Gasteiger partial charge in [-0.25, -0.2) is 0 Å². The van der Waals surface area contributed by atoms with Gasteiger partial charge in [-0.2, -0.15) is 0 Å². The predicted molar refractivity (Wildman–Crippen MR) is 43.2 cm³/mol. The fourth-order valence-corrected chi connectivity index (χ4v) is 0.674. The van der Waals surface area contributed by atoms with Crippen molar-refractivity contribution in [3.8, 4) is 12.3 Å². The molecule has 0 heterocycles. The summed E-state index contributed by atoms with van der Waals surface area (Å²) in [7, 11) is 0. The summed E-state index contributed by atoms with van der Waals surface area (Å²) < 4.78 is 5.03. The Kier molecular flexibility index (Phi) is 6.32. The van der Waals surface area contributed by atoms with Crippen LogP contribution in [0, 0.1) is 24.9 Å². The molecule has 0 aromatic heterocycles. The van der Waals surface area contributed by atoms with E-state index in [0.29, 0.717) is 5.92 Å². The molecule has 1 nitrogen and oxygen atoms in total. The normalized spacial score (nSPS) is 12.5. The lowest BCUT2D eigenvalue weighted by molar-refractivity contribution is 0.196. The van der Waals surface area contributed by atoms with Gasteiger partial charge in [0.2, 0.25) is 0 Å². The maximum Gasteiger partial charge on any atom is 0.0805 e. The predicted octanol–water partition coefficient (Wildman–Crippen LogP) is 2.23. The summed E-state index contributed by atoms with van der Waals surface area (Å²) in [6.45, 7) is 6.43. The molecule has 0 bridgehead atoms. The minimum absolute atomic E-state index is 0.389. The van der Waals surface area contributed by atoms with E-state index in [9.17, 15) is 0 Å². The van der Waals surface area contributed by atoms with Gasteiger partial charge in [0.05, 0.1) is 6.61 Å². The smallest absolute Gasteiger partial charge is 0.0805 e. The standard InChI is InChI=1S/C9H15O/c1-4-9(3)7-6-8-10-5-2/h1,5,9H,6-8H2,2-3H3. The van der Waals surface area contributed by atoms with Crippen LogP contribution < -0.4 is 0 Å². The summed E-state index contributed by atoms with van der Waals surface area (Å²) in [4.78, 5) is 0. The quantitative estimate of drug-likeness (QED) is 0.419. The first-order chi connectivity index (χ1) is 4.81. The second kappa shape index (κ2) is 6.64. The summed E-state index contributed by atoms with van der Waals surface area (Å²) >= 11 is 0. The number of terminal acetylenes is 1. The Morgan fingerprint density at radius 3 is 2.90 bits per heavy atom. The Balaban J connectivity index is 2.98. The molecule has 1 atom stereocenters. The van der Waals surface area contributed by atoms with Crippen molar-refractivity contribution in [2.45, 2.75) is 26.7 Å². The lowest BCUT2D eigenvalue weighted by atomic mass is 10.1. The fourth-order valence-electron chi connectivity index (χ4n) is 0.674. The molecule has 0 N–H and O–H groups in total. The van der Waals surface area contributed by atoms with Crippen molar-refractivity contribution in [3.05, 3.63) is 6.61 Å². The summed E-state index contributed by atoms with van der Waals surface area (Å²) in [6.07, 6.45) is 7.30. The number of hydrogen-bond donors (Lipinski definition) is 0. The van der Waals surface area contributed by atoms with E-state index in [4.69, 9.17) is 11.2 Å². The van der Waals surface area contributed by atoms with Crippen LogP contribution in [-0.2, 0) is 4.74 Å². The zero-order valence-corrected chi connectivity index (χ0v) is 6.76. The van der Waals surface area contributed by atoms with E-state index in [1.54, 1.807) is 6.61 Å². The van der Waals surface area contributed by atoms with Gasteiger partial charge in [0.1, 0.15) is 0 Å². The first kappa shape index (κ1) is 9.52. The zero-order valence-electron chi connectivity index (χ0n) is 6.76. The molecular weight excluding hydrogens is 124 g/mol. The van der Waals surface area contributed by atoms with E-state index >= 15 is 0 Å². The summed E-state index contributed by atoms with van der Waals surface area (Å²) in [5.41, 5.74) is 0. The topological polar surface area (TPSA) is 9.23 Å². The minimum Gasteiger partial charge on any atom is -0.376 e. The van der Waals surface area contributed by atoms with Crippen LogP contribution in [0.1, 0.15) is 26.7 Å². The molecule has 0 aliphatic heterocycles. The molecule has 0 aromatic rings. The molecule has 1 unspecified atom stereocenters. The molecule has 0 aliphatic rings. The van der Waals surface area contributed by atoms with Crippen LogP contribution >= 0.6 is 0 Å². The highest BCUT2D eigenvalue weighted by Crippen LogP contribution is 2.03. The van der Waals surface area contributed by atoms with Crippen molar-refractivity contribution in [3.63, 3.8) is 0 Å². The Labute approximate surface area is 63.8 Å². The van der Waals surface area contributed by atoms with Gasteiger partial charge in [-0.1, -0.05) is 6.92 Å². The van der Waals surface area contributed by atoms with Crippen LogP contribution in [-0.4, -0.2) is 6.61 Å². The van der Waals surface area contributed by atoms with Crippen LogP contribution in [0.3, 0.4) is 0 Å². The largest absolute Gasteiger partial charge is 0.376 e. The molecule has 57 valence electrons. The SMILES string of the molecule is C#CC(C)CCCO[CH]C. The second-order valence-corrected chi connectivity index (χ2v) is 2.32. The van der Waals surface area contributed by atoms with E-state index in [2.05, 4.69) is 12.8 Å². The second-order valence-electron chi connectivity index (χ2n) is 2.32. The van der Waals surface area contributed by atoms with E-state index in [1.165, 1.54) is 0 Å². The molecule has 0 saturated heterocycles. The van der Waals surface area contributed by atoms with Gasteiger partial charge in [-0.3, -0.25) is 0 Å². The Morgan fingerprint density at radius 1 is 1.70 bits per heavy atom. The van der Waals surface area contributed by atoms with E-state index in [0.717, 1.165) is 19.4 Å². The third-order valence-electron chi connectivity index (χ3n) is 1.35. The number of ether oxygens (including phenoxy) is 1. The van der Waals surface area contributed by atoms with Crippen molar-refractivity contribution in [2.75, 3.05) is 6.61 Å². The van der Waals surface area contributed by atoms with Gasteiger partial charge in [0, 0.05) is 12.5 Å². The summed E-state index contributed by atoms with van der Waals surface area (Å²) in [5, 5.41) is 0. The van der Waals surface area contributed by atoms with Crippen LogP contribution in [0.2, 0.25) is 0 Å². The summed E-state index contributed by atoms with van der Waals surface area (Å²) in [6, 6.07) is 0. The maximum atomic E-state index is 5.19. The molecule has 0 saturated carbocycles. The molecule has 0 aromatic carbocycles. The molecule has 0 rings (SSSR count). The molecule has 0 spiro atoms. The van der Waals surface area contributed by atoms with Crippen LogP contribution in [0.15, 0.2) is 0 Å². The molecule has 0 amide bonds. The fraction of sp³-hybridized carbons (Fsp3) is 0.667. The van der Waals surface area contributed by atoms with Crippen molar-refractivity contribution in [1.29, 1.82) is 0 Å². The Bertz CT molecular complexity index is 102. The first-order valence-electron chi connectivity index (χ1n) is 3.66. The van der Waals surface area contributed by atoms with Crippen LogP contribution in [0.5, 0.6) is 0 Å². The van der Waals surface area contributed by atoms with Crippen molar-refractivity contribution in [1.82, 2.24) is 0 Å². The van der Waals surface area contributed by atoms with E-state index in [1.807, 2.05) is 6.92 Å². The van der Waals surface area contributed by atoms with E-state index in [-0.39, 0.29) is 0 Å². The Morgan fingerprint density at radius 2 is 2.40 bits per heavy atom. The maximum absolute atomic E-state index is 5.19. The van der Waals surface area contributed by atoms with Gasteiger partial charge in [0.15, 0.2) is 0 Å². The van der Waals surface area contributed by atoms with Crippen molar-refractivity contribution in [2.24, 2.45) is 5.92 Å². The van der Waals surface area contributed by atoms with E-state index < -0.39 is 0 Å². The third-order valence-corrected chi connectivity index (χ3v) is 1.35. The average molecular weight is 139 g/mol. The monoisotopic (exact) mass is 139 g/mol. The number of rotatable bonds is 5. The molecule has 0 fully saturated rings. The average Bonchev–Trinajstić information content (AvgIpc) is 1.98. The van der Waals surface area contributed by atoms with Gasteiger partial charge in [-0.05, 0) is 19.8 Å². The zero-order chi connectivity index (χ0) is 7.82. The van der Waals surface area contributed by atoms with Crippen molar-refractivity contribution < 1.29 is 4.74 Å². The minimum atomic E-state index is 0.389. The van der Waals surface area contributed by atoms with Crippen LogP contribution in [0.25, 0.3) is 0 Å². The highest BCUT2D eigenvalue weighted by Gasteiger charge is 1.94. The third kappa shape index (κ3) is 5.65. The number of hydrogen-bond acceptors (Lipinski definition) is 1. The molecule has 1 heteroatoms. The van der Waals surface area contributed by atoms with Gasteiger partial charge in [-0.15, -0.1) is 12.3 Å². The summed E-state index contributed by atoms with van der Waals surface area (Å²) in [5.74, 6) is 3.07. The van der Waals surface area contributed by atoms with Crippen LogP contribution in [0.4, 0.5) is 0 Å². The highest BCUT2D eigenvalue weighted by atomic mass is 16.5. The first-order valence-corrected chi connectivity index (χ1v) is 3.66.